The molecule has 0 aliphatic heterocycles. The molecule has 2 heteroatoms. The van der Waals surface area contributed by atoms with Crippen LogP contribution >= 0.6 is 0 Å². The van der Waals surface area contributed by atoms with Gasteiger partial charge in [0.25, 0.3) is 0 Å². The highest BCUT2D eigenvalue weighted by Gasteiger charge is 2.06. The van der Waals surface area contributed by atoms with Crippen molar-refractivity contribution in [1.29, 1.82) is 0 Å². The summed E-state index contributed by atoms with van der Waals surface area (Å²) in [6.45, 7) is 7.56. The van der Waals surface area contributed by atoms with E-state index in [0.29, 0.717) is 6.04 Å². The van der Waals surface area contributed by atoms with Crippen LogP contribution in [-0.2, 0) is 0 Å². The molecule has 0 bridgehead atoms. The molecule has 18 heavy (non-hydrogen) atoms. The molecule has 0 aromatic heterocycles. The molecule has 2 nitrogen and oxygen atoms in total. The smallest absolute Gasteiger partial charge is 0.119 e. The van der Waals surface area contributed by atoms with Crippen molar-refractivity contribution in [3.63, 3.8) is 0 Å². The lowest BCUT2D eigenvalue weighted by molar-refractivity contribution is 0.415. The zero-order chi connectivity index (χ0) is 13.2. The molecular weight excluding hydrogens is 222 g/mol. The molecule has 1 aromatic carbocycles. The molecular formula is C16H23NO. The minimum atomic E-state index is 0.467. The molecule has 0 aliphatic rings. The Morgan fingerprint density at radius 2 is 1.67 bits per heavy atom. The molecule has 0 heterocycles. The molecule has 0 saturated carbocycles. The summed E-state index contributed by atoms with van der Waals surface area (Å²) in [6, 6.07) is 8.51. The van der Waals surface area contributed by atoms with Gasteiger partial charge < -0.3 is 10.1 Å². The third-order valence-electron chi connectivity index (χ3n) is 2.90. The SMILES string of the molecule is C=CCCC(CCC=C)Nc1ccc(OC)cc1. The minimum absolute atomic E-state index is 0.467. The first kappa shape index (κ1) is 14.4. The van der Waals surface area contributed by atoms with Gasteiger partial charge in [-0.2, -0.15) is 0 Å². The van der Waals surface area contributed by atoms with Gasteiger partial charge in [-0.15, -0.1) is 13.2 Å². The first-order chi connectivity index (χ1) is 8.80. The van der Waals surface area contributed by atoms with E-state index in [0.717, 1.165) is 37.1 Å². The van der Waals surface area contributed by atoms with Crippen molar-refractivity contribution in [1.82, 2.24) is 0 Å². The molecule has 98 valence electrons. The minimum Gasteiger partial charge on any atom is -0.497 e. The van der Waals surface area contributed by atoms with E-state index < -0.39 is 0 Å². The number of rotatable bonds is 9. The third kappa shape index (κ3) is 5.09. The summed E-state index contributed by atoms with van der Waals surface area (Å²) in [6.07, 6.45) is 8.20. The number of methoxy groups -OCH3 is 1. The number of allylic oxidation sites excluding steroid dienone is 2. The van der Waals surface area contributed by atoms with E-state index in [1.165, 1.54) is 0 Å². The van der Waals surface area contributed by atoms with Gasteiger partial charge in [0.2, 0.25) is 0 Å². The summed E-state index contributed by atoms with van der Waals surface area (Å²) in [7, 11) is 1.68. The normalized spacial score (nSPS) is 10.1. The van der Waals surface area contributed by atoms with Crippen molar-refractivity contribution >= 4 is 5.69 Å². The lowest BCUT2D eigenvalue weighted by Crippen LogP contribution is -2.18. The Balaban J connectivity index is 2.56. The van der Waals surface area contributed by atoms with Gasteiger partial charge in [0, 0.05) is 11.7 Å². The predicted molar refractivity (Wildman–Crippen MR) is 79.3 cm³/mol. The van der Waals surface area contributed by atoms with Crippen LogP contribution in [0.15, 0.2) is 49.6 Å². The average molecular weight is 245 g/mol. The van der Waals surface area contributed by atoms with E-state index >= 15 is 0 Å². The number of nitrogens with one attached hydrogen (secondary N) is 1. The van der Waals surface area contributed by atoms with Gasteiger partial charge in [-0.05, 0) is 49.9 Å². The predicted octanol–water partition coefficient (Wildman–Crippen LogP) is 4.41. The maximum Gasteiger partial charge on any atom is 0.119 e. The highest BCUT2D eigenvalue weighted by Crippen LogP contribution is 2.18. The maximum atomic E-state index is 5.15. The van der Waals surface area contributed by atoms with Gasteiger partial charge in [-0.1, -0.05) is 12.2 Å². The molecule has 0 atom stereocenters. The maximum absolute atomic E-state index is 5.15. The van der Waals surface area contributed by atoms with Crippen molar-refractivity contribution in [2.75, 3.05) is 12.4 Å². The van der Waals surface area contributed by atoms with Crippen LogP contribution in [0.4, 0.5) is 5.69 Å². The molecule has 0 aliphatic carbocycles. The number of ether oxygens (including phenoxy) is 1. The van der Waals surface area contributed by atoms with Crippen molar-refractivity contribution in [2.24, 2.45) is 0 Å². The van der Waals surface area contributed by atoms with Crippen molar-refractivity contribution in [2.45, 2.75) is 31.7 Å². The topological polar surface area (TPSA) is 21.3 Å². The Bertz CT molecular complexity index is 344. The monoisotopic (exact) mass is 245 g/mol. The summed E-state index contributed by atoms with van der Waals surface area (Å²) >= 11 is 0. The Morgan fingerprint density at radius 3 is 2.11 bits per heavy atom. The molecule has 0 spiro atoms. The zero-order valence-corrected chi connectivity index (χ0v) is 11.2. The first-order valence-corrected chi connectivity index (χ1v) is 6.42. The van der Waals surface area contributed by atoms with Gasteiger partial charge in [0.15, 0.2) is 0 Å². The van der Waals surface area contributed by atoms with Gasteiger partial charge in [-0.3, -0.25) is 0 Å². The second-order valence-electron chi connectivity index (χ2n) is 4.30. The van der Waals surface area contributed by atoms with Crippen LogP contribution in [0.5, 0.6) is 5.75 Å². The summed E-state index contributed by atoms with van der Waals surface area (Å²) in [5, 5.41) is 3.55. The van der Waals surface area contributed by atoms with Crippen LogP contribution in [0.25, 0.3) is 0 Å². The Labute approximate surface area is 110 Å². The lowest BCUT2D eigenvalue weighted by atomic mass is 10.1. The van der Waals surface area contributed by atoms with Gasteiger partial charge in [0.05, 0.1) is 7.11 Å². The standard InChI is InChI=1S/C16H23NO/c1-4-6-8-14(9-7-5-2)17-15-10-12-16(18-3)13-11-15/h4-5,10-14,17H,1-2,6-9H2,3H3. The highest BCUT2D eigenvalue weighted by atomic mass is 16.5. The summed E-state index contributed by atoms with van der Waals surface area (Å²) in [4.78, 5) is 0. The molecule has 0 amide bonds. The van der Waals surface area contributed by atoms with Crippen LogP contribution < -0.4 is 10.1 Å². The summed E-state index contributed by atoms with van der Waals surface area (Å²) in [5.74, 6) is 0.884. The fourth-order valence-corrected chi connectivity index (χ4v) is 1.85. The second-order valence-corrected chi connectivity index (χ2v) is 4.30. The summed E-state index contributed by atoms with van der Waals surface area (Å²) < 4.78 is 5.15. The van der Waals surface area contributed by atoms with Crippen LogP contribution in [0.2, 0.25) is 0 Å². The number of benzene rings is 1. The van der Waals surface area contributed by atoms with E-state index in [2.05, 4.69) is 18.5 Å². The number of hydrogen-bond acceptors (Lipinski definition) is 2. The molecule has 1 aromatic rings. The lowest BCUT2D eigenvalue weighted by Gasteiger charge is -2.19. The number of anilines is 1. The molecule has 0 saturated heterocycles. The van der Waals surface area contributed by atoms with E-state index in [4.69, 9.17) is 4.74 Å². The first-order valence-electron chi connectivity index (χ1n) is 6.42. The van der Waals surface area contributed by atoms with E-state index in [1.807, 2.05) is 36.4 Å². The van der Waals surface area contributed by atoms with Crippen molar-refractivity contribution < 1.29 is 4.74 Å². The summed E-state index contributed by atoms with van der Waals surface area (Å²) in [5.41, 5.74) is 1.13. The van der Waals surface area contributed by atoms with E-state index in [9.17, 15) is 0 Å². The van der Waals surface area contributed by atoms with E-state index in [1.54, 1.807) is 7.11 Å². The van der Waals surface area contributed by atoms with E-state index in [-0.39, 0.29) is 0 Å². The van der Waals surface area contributed by atoms with Crippen LogP contribution in [0.1, 0.15) is 25.7 Å². The third-order valence-corrected chi connectivity index (χ3v) is 2.90. The zero-order valence-electron chi connectivity index (χ0n) is 11.2. The Morgan fingerprint density at radius 1 is 1.11 bits per heavy atom. The van der Waals surface area contributed by atoms with Crippen molar-refractivity contribution in [3.8, 4) is 5.75 Å². The molecule has 0 unspecified atom stereocenters. The fourth-order valence-electron chi connectivity index (χ4n) is 1.85. The molecule has 1 N–H and O–H groups in total. The largest absolute Gasteiger partial charge is 0.497 e. The fraction of sp³-hybridized carbons (Fsp3) is 0.375. The highest BCUT2D eigenvalue weighted by molar-refractivity contribution is 5.47. The van der Waals surface area contributed by atoms with Crippen molar-refractivity contribution in [3.05, 3.63) is 49.6 Å². The molecule has 0 fully saturated rings. The average Bonchev–Trinajstić information content (AvgIpc) is 2.42. The molecule has 0 radical (unpaired) electrons. The van der Waals surface area contributed by atoms with Crippen LogP contribution in [0, 0.1) is 0 Å². The van der Waals surface area contributed by atoms with Crippen LogP contribution in [0.3, 0.4) is 0 Å². The number of hydrogen-bond donors (Lipinski definition) is 1. The molecule has 1 rings (SSSR count). The van der Waals surface area contributed by atoms with Gasteiger partial charge in [0.1, 0.15) is 5.75 Å². The van der Waals surface area contributed by atoms with Gasteiger partial charge >= 0.3 is 0 Å². The van der Waals surface area contributed by atoms with Gasteiger partial charge in [-0.25, -0.2) is 0 Å². The Kier molecular flexibility index (Phi) is 6.70. The Hall–Kier alpha value is -1.70. The second kappa shape index (κ2) is 8.40. The quantitative estimate of drug-likeness (QED) is 0.651. The van der Waals surface area contributed by atoms with Crippen LogP contribution in [-0.4, -0.2) is 13.2 Å².